The number of aromatic nitrogens is 1. The molecule has 2 atom stereocenters. The maximum atomic E-state index is 13.9. The van der Waals surface area contributed by atoms with Crippen LogP contribution < -0.4 is 5.32 Å². The summed E-state index contributed by atoms with van der Waals surface area (Å²) in [7, 11) is 0. The van der Waals surface area contributed by atoms with E-state index in [1.54, 1.807) is 32.0 Å². The van der Waals surface area contributed by atoms with Crippen molar-refractivity contribution in [1.82, 2.24) is 10.3 Å². The molecule has 0 saturated carbocycles. The van der Waals surface area contributed by atoms with Crippen LogP contribution in [0.4, 0.5) is 13.2 Å². The molecule has 2 heterocycles. The molecule has 2 aromatic rings. The highest BCUT2D eigenvalue weighted by atomic mass is 32.2. The number of halogens is 3. The standard InChI is InChI=1S/C18H16F3N3OS/c1-10(12-5-3-4-6-13(12)19)23-17-24-16(25)18(2,26-17)11-7-8-22-14(9-11)15(20)21/h3-10,15H,1-2H3,(H,23,24,25)/t10-,18?/m0/s1. The third-order valence-electron chi connectivity index (χ3n) is 4.18. The van der Waals surface area contributed by atoms with Crippen LogP contribution in [0.3, 0.4) is 0 Å². The van der Waals surface area contributed by atoms with Gasteiger partial charge in [0.1, 0.15) is 16.3 Å². The second-order valence-electron chi connectivity index (χ2n) is 5.99. The number of aliphatic imine (C=N–C) groups is 1. The number of pyridine rings is 1. The summed E-state index contributed by atoms with van der Waals surface area (Å²) >= 11 is 1.12. The molecule has 1 aliphatic heterocycles. The fraction of sp³-hybridized carbons (Fsp3) is 0.278. The van der Waals surface area contributed by atoms with Crippen LogP contribution >= 0.6 is 11.8 Å². The van der Waals surface area contributed by atoms with Crippen molar-refractivity contribution in [3.63, 3.8) is 0 Å². The molecule has 0 aliphatic carbocycles. The number of amidine groups is 1. The van der Waals surface area contributed by atoms with E-state index < -0.39 is 17.2 Å². The van der Waals surface area contributed by atoms with Crippen molar-refractivity contribution < 1.29 is 18.0 Å². The van der Waals surface area contributed by atoms with Crippen molar-refractivity contribution in [2.45, 2.75) is 31.1 Å². The summed E-state index contributed by atoms with van der Waals surface area (Å²) in [6.07, 6.45) is -1.46. The first-order valence-electron chi connectivity index (χ1n) is 7.88. The van der Waals surface area contributed by atoms with Gasteiger partial charge in [0.2, 0.25) is 5.91 Å². The molecule has 1 aromatic carbocycles. The van der Waals surface area contributed by atoms with E-state index in [-0.39, 0.29) is 17.4 Å². The van der Waals surface area contributed by atoms with Crippen LogP contribution in [0, 0.1) is 5.82 Å². The zero-order valence-corrected chi connectivity index (χ0v) is 14.9. The quantitative estimate of drug-likeness (QED) is 0.859. The number of nitrogens with zero attached hydrogens (tertiary/aromatic N) is 2. The maximum absolute atomic E-state index is 13.9. The highest BCUT2D eigenvalue weighted by Gasteiger charge is 2.44. The Hall–Kier alpha value is -2.35. The number of hydrogen-bond acceptors (Lipinski definition) is 4. The molecule has 0 bridgehead atoms. The highest BCUT2D eigenvalue weighted by molar-refractivity contribution is 8.15. The van der Waals surface area contributed by atoms with Gasteiger partial charge in [-0.15, -0.1) is 0 Å². The van der Waals surface area contributed by atoms with Gasteiger partial charge in [0.25, 0.3) is 6.43 Å². The van der Waals surface area contributed by atoms with Crippen LogP contribution in [-0.4, -0.2) is 16.1 Å². The number of carbonyl (C=O) groups is 1. The summed E-state index contributed by atoms with van der Waals surface area (Å²) < 4.78 is 38.6. The minimum Gasteiger partial charge on any atom is -0.304 e. The topological polar surface area (TPSA) is 54.4 Å². The van der Waals surface area contributed by atoms with Gasteiger partial charge in [-0.1, -0.05) is 30.0 Å². The molecule has 1 N–H and O–H groups in total. The summed E-state index contributed by atoms with van der Waals surface area (Å²) in [5.74, 6) is -0.745. The lowest BCUT2D eigenvalue weighted by Crippen LogP contribution is -2.32. The Balaban J connectivity index is 1.88. The minimum absolute atomic E-state index is 0.323. The molecule has 1 saturated heterocycles. The van der Waals surface area contributed by atoms with Crippen LogP contribution in [0.5, 0.6) is 0 Å². The smallest absolute Gasteiger partial charge is 0.280 e. The molecule has 0 spiro atoms. The van der Waals surface area contributed by atoms with Crippen molar-refractivity contribution >= 4 is 22.8 Å². The van der Waals surface area contributed by atoms with Gasteiger partial charge >= 0.3 is 0 Å². The largest absolute Gasteiger partial charge is 0.304 e. The van der Waals surface area contributed by atoms with Gasteiger partial charge < -0.3 is 5.32 Å². The summed E-state index contributed by atoms with van der Waals surface area (Å²) in [6.45, 7) is 3.35. The van der Waals surface area contributed by atoms with Crippen molar-refractivity contribution in [1.29, 1.82) is 0 Å². The van der Waals surface area contributed by atoms with Gasteiger partial charge in [0, 0.05) is 11.8 Å². The van der Waals surface area contributed by atoms with E-state index in [9.17, 15) is 18.0 Å². The summed E-state index contributed by atoms with van der Waals surface area (Å²) in [5.41, 5.74) is 0.434. The van der Waals surface area contributed by atoms with E-state index in [2.05, 4.69) is 15.3 Å². The van der Waals surface area contributed by atoms with Gasteiger partial charge in [-0.2, -0.15) is 0 Å². The molecule has 3 rings (SSSR count). The van der Waals surface area contributed by atoms with Gasteiger partial charge in [-0.3, -0.25) is 14.8 Å². The fourth-order valence-corrected chi connectivity index (χ4v) is 3.78. The average molecular weight is 379 g/mol. The number of rotatable bonds is 4. The Morgan fingerprint density at radius 3 is 2.69 bits per heavy atom. The monoisotopic (exact) mass is 379 g/mol. The molecule has 4 nitrogen and oxygen atoms in total. The number of hydrogen-bond donors (Lipinski definition) is 1. The summed E-state index contributed by atoms with van der Waals surface area (Å²) in [4.78, 5) is 20.5. The lowest BCUT2D eigenvalue weighted by Gasteiger charge is -2.19. The second kappa shape index (κ2) is 7.11. The third-order valence-corrected chi connectivity index (χ3v) is 5.41. The molecule has 0 radical (unpaired) electrons. The molecule has 1 aromatic heterocycles. The van der Waals surface area contributed by atoms with Crippen LogP contribution in [0.1, 0.15) is 43.1 Å². The Morgan fingerprint density at radius 1 is 1.27 bits per heavy atom. The van der Waals surface area contributed by atoms with E-state index in [4.69, 9.17) is 0 Å². The molecule has 1 aliphatic rings. The Morgan fingerprint density at radius 2 is 2.00 bits per heavy atom. The summed E-state index contributed by atoms with van der Waals surface area (Å²) in [6, 6.07) is 8.52. The molecule has 136 valence electrons. The minimum atomic E-state index is -2.72. The third kappa shape index (κ3) is 3.46. The zero-order valence-electron chi connectivity index (χ0n) is 14.0. The van der Waals surface area contributed by atoms with Crippen molar-refractivity contribution in [3.8, 4) is 0 Å². The van der Waals surface area contributed by atoms with E-state index in [0.29, 0.717) is 16.3 Å². The number of nitrogens with one attached hydrogen (secondary N) is 1. The number of alkyl halides is 2. The van der Waals surface area contributed by atoms with Crippen molar-refractivity contribution in [2.75, 3.05) is 0 Å². The first-order chi connectivity index (χ1) is 12.3. The van der Waals surface area contributed by atoms with Crippen LogP contribution in [-0.2, 0) is 9.54 Å². The van der Waals surface area contributed by atoms with E-state index in [1.165, 1.54) is 24.4 Å². The van der Waals surface area contributed by atoms with E-state index in [1.807, 2.05) is 0 Å². The van der Waals surface area contributed by atoms with Crippen LogP contribution in [0.2, 0.25) is 0 Å². The maximum Gasteiger partial charge on any atom is 0.280 e. The predicted molar refractivity (Wildman–Crippen MR) is 94.5 cm³/mol. The fourth-order valence-electron chi connectivity index (χ4n) is 2.65. The lowest BCUT2D eigenvalue weighted by atomic mass is 10.00. The summed E-state index contributed by atoms with van der Waals surface area (Å²) in [5, 5.41) is 2.98. The number of carbonyl (C=O) groups excluding carboxylic acids is 1. The van der Waals surface area contributed by atoms with Gasteiger partial charge in [0.15, 0.2) is 5.17 Å². The first-order valence-corrected chi connectivity index (χ1v) is 8.70. The van der Waals surface area contributed by atoms with Gasteiger partial charge in [-0.05, 0) is 37.6 Å². The number of benzene rings is 1. The molecule has 1 unspecified atom stereocenters. The first kappa shape index (κ1) is 18.4. The second-order valence-corrected chi connectivity index (χ2v) is 7.40. The van der Waals surface area contributed by atoms with Crippen LogP contribution in [0.25, 0.3) is 0 Å². The molecule has 1 fully saturated rings. The number of amides is 1. The number of thioether (sulfide) groups is 1. The highest BCUT2D eigenvalue weighted by Crippen LogP contribution is 2.42. The van der Waals surface area contributed by atoms with Gasteiger partial charge in [-0.25, -0.2) is 13.2 Å². The Labute approximate surface area is 152 Å². The molecule has 1 amide bonds. The molecular weight excluding hydrogens is 363 g/mol. The molecule has 8 heteroatoms. The lowest BCUT2D eigenvalue weighted by molar-refractivity contribution is -0.121. The Kier molecular flexibility index (Phi) is 5.04. The SMILES string of the molecule is C[C@H](N=C1NC(=O)C(C)(c2ccnc(C(F)F)c2)S1)c1ccccc1F. The normalized spacial score (nSPS) is 22.7. The van der Waals surface area contributed by atoms with Gasteiger partial charge in [0.05, 0.1) is 6.04 Å². The zero-order chi connectivity index (χ0) is 18.9. The van der Waals surface area contributed by atoms with E-state index in [0.717, 1.165) is 11.8 Å². The average Bonchev–Trinajstić information content (AvgIpc) is 2.90. The Bertz CT molecular complexity index is 874. The molecular formula is C18H16F3N3OS. The van der Waals surface area contributed by atoms with Crippen molar-refractivity contribution in [3.05, 3.63) is 65.2 Å². The van der Waals surface area contributed by atoms with Crippen LogP contribution in [0.15, 0.2) is 47.6 Å². The van der Waals surface area contributed by atoms with Crippen molar-refractivity contribution in [2.24, 2.45) is 4.99 Å². The predicted octanol–water partition coefficient (Wildman–Crippen LogP) is 4.35. The molecule has 26 heavy (non-hydrogen) atoms. The van der Waals surface area contributed by atoms with E-state index >= 15 is 0 Å².